The van der Waals surface area contributed by atoms with Crippen molar-refractivity contribution in [2.24, 2.45) is 0 Å². The molecular formula is C13H14FN3O. The van der Waals surface area contributed by atoms with Gasteiger partial charge in [-0.3, -0.25) is 9.89 Å². The van der Waals surface area contributed by atoms with Crippen LogP contribution in [0, 0.1) is 12.7 Å². The van der Waals surface area contributed by atoms with E-state index in [-0.39, 0.29) is 11.7 Å². The average molecular weight is 247 g/mol. The number of carbonyl (C=O) groups is 1. The first-order chi connectivity index (χ1) is 8.59. The first-order valence-corrected chi connectivity index (χ1v) is 5.58. The minimum absolute atomic E-state index is 0.207. The number of hydrogen-bond acceptors (Lipinski definition) is 2. The van der Waals surface area contributed by atoms with Crippen molar-refractivity contribution >= 4 is 5.91 Å². The predicted molar refractivity (Wildman–Crippen MR) is 65.5 cm³/mol. The number of amides is 1. The summed E-state index contributed by atoms with van der Waals surface area (Å²) in [5.74, 6) is -0.572. The van der Waals surface area contributed by atoms with Crippen molar-refractivity contribution in [1.82, 2.24) is 15.1 Å². The second-order valence-electron chi connectivity index (χ2n) is 4.16. The van der Waals surface area contributed by atoms with Crippen LogP contribution in [0.15, 0.2) is 30.5 Å². The lowest BCUT2D eigenvalue weighted by Crippen LogP contribution is -2.27. The van der Waals surface area contributed by atoms with Crippen molar-refractivity contribution in [3.05, 3.63) is 53.1 Å². The molecule has 0 aliphatic heterocycles. The Labute approximate surface area is 104 Å². The molecule has 0 aliphatic carbocycles. The van der Waals surface area contributed by atoms with E-state index in [0.29, 0.717) is 17.7 Å². The lowest BCUT2D eigenvalue weighted by Gasteiger charge is -2.17. The maximum absolute atomic E-state index is 13.4. The fraction of sp³-hybridized carbons (Fsp3) is 0.231. The van der Waals surface area contributed by atoms with Crippen molar-refractivity contribution in [3.63, 3.8) is 0 Å². The van der Waals surface area contributed by atoms with Crippen LogP contribution >= 0.6 is 0 Å². The number of aromatic nitrogens is 2. The summed E-state index contributed by atoms with van der Waals surface area (Å²) in [5.41, 5.74) is 1.59. The summed E-state index contributed by atoms with van der Waals surface area (Å²) < 4.78 is 13.4. The quantitative estimate of drug-likeness (QED) is 0.903. The minimum Gasteiger partial charge on any atom is -0.336 e. The van der Waals surface area contributed by atoms with Gasteiger partial charge in [0.15, 0.2) is 0 Å². The maximum Gasteiger partial charge on any atom is 0.254 e. The number of hydrogen-bond donors (Lipinski definition) is 1. The standard InChI is InChI=1S/C13H14FN3O/c1-9-11(4-3-5-12(9)14)13(18)17(2)8-10-6-7-15-16-10/h3-7H,8H2,1-2H3,(H,15,16). The van der Waals surface area contributed by atoms with Gasteiger partial charge in [0.2, 0.25) is 0 Å². The maximum atomic E-state index is 13.4. The predicted octanol–water partition coefficient (Wildman–Crippen LogP) is 2.13. The van der Waals surface area contributed by atoms with Crippen LogP contribution < -0.4 is 0 Å². The van der Waals surface area contributed by atoms with E-state index in [1.54, 1.807) is 38.4 Å². The van der Waals surface area contributed by atoms with Gasteiger partial charge in [-0.1, -0.05) is 6.07 Å². The fourth-order valence-electron chi connectivity index (χ4n) is 1.74. The van der Waals surface area contributed by atoms with E-state index in [1.807, 2.05) is 0 Å². The molecule has 18 heavy (non-hydrogen) atoms. The summed E-state index contributed by atoms with van der Waals surface area (Å²) in [6.45, 7) is 2.02. The van der Waals surface area contributed by atoms with Gasteiger partial charge in [0.1, 0.15) is 5.82 Å². The lowest BCUT2D eigenvalue weighted by atomic mass is 10.1. The summed E-state index contributed by atoms with van der Waals surface area (Å²) in [6, 6.07) is 6.31. The van der Waals surface area contributed by atoms with Crippen LogP contribution in [0.2, 0.25) is 0 Å². The Morgan fingerprint density at radius 1 is 1.44 bits per heavy atom. The summed E-state index contributed by atoms with van der Waals surface area (Å²) in [5, 5.41) is 6.60. The number of H-pyrrole nitrogens is 1. The monoisotopic (exact) mass is 247 g/mol. The third kappa shape index (κ3) is 2.40. The first-order valence-electron chi connectivity index (χ1n) is 5.58. The Morgan fingerprint density at radius 2 is 2.22 bits per heavy atom. The SMILES string of the molecule is Cc1c(F)cccc1C(=O)N(C)Cc1ccn[nH]1. The van der Waals surface area contributed by atoms with Crippen molar-refractivity contribution in [1.29, 1.82) is 0 Å². The molecule has 0 radical (unpaired) electrons. The van der Waals surface area contributed by atoms with Gasteiger partial charge in [-0.25, -0.2) is 4.39 Å². The van der Waals surface area contributed by atoms with E-state index in [0.717, 1.165) is 5.69 Å². The molecular weight excluding hydrogens is 233 g/mol. The van der Waals surface area contributed by atoms with Crippen LogP contribution in [0.4, 0.5) is 4.39 Å². The highest BCUT2D eigenvalue weighted by Gasteiger charge is 2.16. The van der Waals surface area contributed by atoms with Crippen LogP contribution in [-0.2, 0) is 6.54 Å². The van der Waals surface area contributed by atoms with Gasteiger partial charge in [-0.15, -0.1) is 0 Å². The second-order valence-corrected chi connectivity index (χ2v) is 4.16. The first kappa shape index (κ1) is 12.3. The van der Waals surface area contributed by atoms with Gasteiger partial charge >= 0.3 is 0 Å². The van der Waals surface area contributed by atoms with Crippen LogP contribution in [-0.4, -0.2) is 28.1 Å². The number of benzene rings is 1. The highest BCUT2D eigenvalue weighted by atomic mass is 19.1. The molecule has 0 saturated heterocycles. The largest absolute Gasteiger partial charge is 0.336 e. The smallest absolute Gasteiger partial charge is 0.254 e. The topological polar surface area (TPSA) is 49.0 Å². The van der Waals surface area contributed by atoms with Crippen molar-refractivity contribution in [2.45, 2.75) is 13.5 Å². The zero-order valence-corrected chi connectivity index (χ0v) is 10.3. The van der Waals surface area contributed by atoms with Gasteiger partial charge in [-0.2, -0.15) is 5.10 Å². The molecule has 1 N–H and O–H groups in total. The second kappa shape index (κ2) is 5.00. The molecule has 0 bridgehead atoms. The molecule has 1 aromatic heterocycles. The van der Waals surface area contributed by atoms with E-state index < -0.39 is 0 Å². The van der Waals surface area contributed by atoms with Gasteiger partial charge < -0.3 is 4.90 Å². The molecule has 1 aromatic carbocycles. The highest BCUT2D eigenvalue weighted by molar-refractivity contribution is 5.95. The van der Waals surface area contributed by atoms with Crippen molar-refractivity contribution in [3.8, 4) is 0 Å². The number of nitrogens with one attached hydrogen (secondary N) is 1. The molecule has 0 saturated carbocycles. The number of carbonyl (C=O) groups excluding carboxylic acids is 1. The summed E-state index contributed by atoms with van der Waals surface area (Å²) >= 11 is 0. The Kier molecular flexibility index (Phi) is 3.41. The molecule has 2 aromatic rings. The van der Waals surface area contributed by atoms with E-state index in [9.17, 15) is 9.18 Å². The number of rotatable bonds is 3. The average Bonchev–Trinajstić information content (AvgIpc) is 2.84. The van der Waals surface area contributed by atoms with E-state index in [2.05, 4.69) is 10.2 Å². The molecule has 0 fully saturated rings. The number of halogens is 1. The molecule has 5 heteroatoms. The molecule has 0 atom stereocenters. The number of nitrogens with zero attached hydrogens (tertiary/aromatic N) is 2. The van der Waals surface area contributed by atoms with Gasteiger partial charge in [0, 0.05) is 18.8 Å². The minimum atomic E-state index is -0.365. The van der Waals surface area contributed by atoms with Gasteiger partial charge in [-0.05, 0) is 30.7 Å². The fourth-order valence-corrected chi connectivity index (χ4v) is 1.74. The molecule has 94 valence electrons. The van der Waals surface area contributed by atoms with Crippen LogP contribution in [0.25, 0.3) is 0 Å². The van der Waals surface area contributed by atoms with Crippen LogP contribution in [0.5, 0.6) is 0 Å². The molecule has 2 rings (SSSR count). The summed E-state index contributed by atoms with van der Waals surface area (Å²) in [6.07, 6.45) is 1.63. The molecule has 0 spiro atoms. The molecule has 0 unspecified atom stereocenters. The third-order valence-electron chi connectivity index (χ3n) is 2.81. The Balaban J connectivity index is 2.18. The van der Waals surface area contributed by atoms with Crippen LogP contribution in [0.3, 0.4) is 0 Å². The molecule has 4 nitrogen and oxygen atoms in total. The molecule has 0 aliphatic rings. The Bertz CT molecular complexity index is 551. The van der Waals surface area contributed by atoms with Crippen molar-refractivity contribution in [2.75, 3.05) is 7.05 Å². The Hall–Kier alpha value is -2.17. The van der Waals surface area contributed by atoms with Crippen molar-refractivity contribution < 1.29 is 9.18 Å². The zero-order valence-electron chi connectivity index (χ0n) is 10.3. The van der Waals surface area contributed by atoms with Crippen LogP contribution in [0.1, 0.15) is 21.6 Å². The lowest BCUT2D eigenvalue weighted by molar-refractivity contribution is 0.0782. The van der Waals surface area contributed by atoms with Gasteiger partial charge in [0.25, 0.3) is 5.91 Å². The van der Waals surface area contributed by atoms with E-state index in [4.69, 9.17) is 0 Å². The normalized spacial score (nSPS) is 10.4. The highest BCUT2D eigenvalue weighted by Crippen LogP contribution is 2.14. The summed E-state index contributed by atoms with van der Waals surface area (Å²) in [4.78, 5) is 13.7. The number of aromatic amines is 1. The molecule has 1 amide bonds. The summed E-state index contributed by atoms with van der Waals surface area (Å²) in [7, 11) is 1.67. The third-order valence-corrected chi connectivity index (χ3v) is 2.81. The van der Waals surface area contributed by atoms with E-state index in [1.165, 1.54) is 11.0 Å². The van der Waals surface area contributed by atoms with E-state index >= 15 is 0 Å². The molecule has 1 heterocycles. The zero-order chi connectivity index (χ0) is 13.1. The Morgan fingerprint density at radius 3 is 2.89 bits per heavy atom. The van der Waals surface area contributed by atoms with Gasteiger partial charge in [0.05, 0.1) is 12.2 Å².